The quantitative estimate of drug-likeness (QED) is 0.896. The van der Waals surface area contributed by atoms with Crippen molar-refractivity contribution in [1.82, 2.24) is 10.2 Å². The maximum absolute atomic E-state index is 12.3. The Bertz CT molecular complexity index is 355. The lowest BCUT2D eigenvalue weighted by molar-refractivity contribution is -0.135. The zero-order valence-corrected chi connectivity index (χ0v) is 11.8. The topological polar surface area (TPSA) is 32.3 Å². The number of hydrogen-bond acceptors (Lipinski definition) is 3. The molecule has 0 aliphatic carbocycles. The third-order valence-electron chi connectivity index (χ3n) is 3.20. The van der Waals surface area contributed by atoms with Gasteiger partial charge in [-0.2, -0.15) is 11.3 Å². The van der Waals surface area contributed by atoms with Crippen molar-refractivity contribution >= 4 is 29.7 Å². The van der Waals surface area contributed by atoms with Crippen molar-refractivity contribution in [3.63, 3.8) is 0 Å². The molecular formula is C12H19ClN2OS. The van der Waals surface area contributed by atoms with E-state index < -0.39 is 0 Å². The summed E-state index contributed by atoms with van der Waals surface area (Å²) in [4.78, 5) is 14.3. The molecule has 0 saturated carbocycles. The molecule has 0 radical (unpaired) electrons. The maximum Gasteiger partial charge on any atom is 0.230 e. The van der Waals surface area contributed by atoms with Crippen molar-refractivity contribution in [3.05, 3.63) is 22.4 Å². The van der Waals surface area contributed by atoms with Gasteiger partial charge in [-0.3, -0.25) is 4.79 Å². The van der Waals surface area contributed by atoms with Gasteiger partial charge in [0.2, 0.25) is 5.91 Å². The summed E-state index contributed by atoms with van der Waals surface area (Å²) in [5.74, 6) is 0.249. The van der Waals surface area contributed by atoms with E-state index in [-0.39, 0.29) is 24.2 Å². The second kappa shape index (κ2) is 6.38. The summed E-state index contributed by atoms with van der Waals surface area (Å²) < 4.78 is 0. The molecule has 96 valence electrons. The molecule has 1 saturated heterocycles. The lowest BCUT2D eigenvalue weighted by Gasteiger charge is -2.35. The minimum absolute atomic E-state index is 0. The zero-order valence-electron chi connectivity index (χ0n) is 10.2. The number of halogens is 1. The monoisotopic (exact) mass is 274 g/mol. The second-order valence-electron chi connectivity index (χ2n) is 4.36. The van der Waals surface area contributed by atoms with Crippen LogP contribution in [0.15, 0.2) is 16.8 Å². The first-order valence-corrected chi connectivity index (χ1v) is 6.67. The summed E-state index contributed by atoms with van der Waals surface area (Å²) in [6.45, 7) is 6.74. The second-order valence-corrected chi connectivity index (χ2v) is 5.14. The van der Waals surface area contributed by atoms with Gasteiger partial charge in [0.15, 0.2) is 0 Å². The Morgan fingerprint density at radius 3 is 3.00 bits per heavy atom. The average molecular weight is 275 g/mol. The summed E-state index contributed by atoms with van der Waals surface area (Å²) in [5.41, 5.74) is 1.14. The minimum atomic E-state index is -0.00759. The lowest BCUT2D eigenvalue weighted by Crippen LogP contribution is -2.53. The van der Waals surface area contributed by atoms with E-state index >= 15 is 0 Å². The maximum atomic E-state index is 12.3. The number of nitrogens with zero attached hydrogens (tertiary/aromatic N) is 1. The minimum Gasteiger partial charge on any atom is -0.337 e. The molecule has 1 amide bonds. The highest BCUT2D eigenvalue weighted by atomic mass is 35.5. The van der Waals surface area contributed by atoms with Gasteiger partial charge in [-0.1, -0.05) is 0 Å². The van der Waals surface area contributed by atoms with E-state index in [9.17, 15) is 4.79 Å². The van der Waals surface area contributed by atoms with Crippen LogP contribution >= 0.6 is 23.7 Å². The first-order chi connectivity index (χ1) is 7.70. The summed E-state index contributed by atoms with van der Waals surface area (Å²) in [6.07, 6.45) is 0. The fraction of sp³-hybridized carbons (Fsp3) is 0.583. The smallest absolute Gasteiger partial charge is 0.230 e. The Kier molecular flexibility index (Phi) is 5.43. The van der Waals surface area contributed by atoms with Gasteiger partial charge in [0.25, 0.3) is 0 Å². The molecule has 2 heterocycles. The predicted molar refractivity (Wildman–Crippen MR) is 74.0 cm³/mol. The van der Waals surface area contributed by atoms with E-state index in [0.29, 0.717) is 6.04 Å². The SMILES string of the molecule is CC(C(=O)N1CCNC[C@H]1C)c1ccsc1.Cl. The van der Waals surface area contributed by atoms with Crippen LogP contribution in [0.1, 0.15) is 25.3 Å². The van der Waals surface area contributed by atoms with Gasteiger partial charge in [-0.05, 0) is 36.2 Å². The van der Waals surface area contributed by atoms with Gasteiger partial charge in [-0.15, -0.1) is 12.4 Å². The first-order valence-electron chi connectivity index (χ1n) is 5.73. The number of amides is 1. The molecule has 1 aliphatic heterocycles. The molecule has 1 aliphatic rings. The molecule has 5 heteroatoms. The van der Waals surface area contributed by atoms with Gasteiger partial charge >= 0.3 is 0 Å². The van der Waals surface area contributed by atoms with Gasteiger partial charge in [0.1, 0.15) is 0 Å². The van der Waals surface area contributed by atoms with E-state index in [1.165, 1.54) is 0 Å². The van der Waals surface area contributed by atoms with E-state index in [0.717, 1.165) is 25.2 Å². The summed E-state index contributed by atoms with van der Waals surface area (Å²) in [6, 6.07) is 2.35. The highest BCUT2D eigenvalue weighted by Crippen LogP contribution is 2.21. The molecule has 3 nitrogen and oxygen atoms in total. The van der Waals surface area contributed by atoms with Crippen molar-refractivity contribution in [2.24, 2.45) is 0 Å². The Morgan fingerprint density at radius 1 is 1.65 bits per heavy atom. The fourth-order valence-corrected chi connectivity index (χ4v) is 2.84. The van der Waals surface area contributed by atoms with Gasteiger partial charge in [0, 0.05) is 25.7 Å². The fourth-order valence-electron chi connectivity index (χ4n) is 2.08. The highest BCUT2D eigenvalue weighted by molar-refractivity contribution is 7.08. The highest BCUT2D eigenvalue weighted by Gasteiger charge is 2.27. The number of piperazine rings is 1. The van der Waals surface area contributed by atoms with E-state index in [1.54, 1.807) is 11.3 Å². The van der Waals surface area contributed by atoms with Gasteiger partial charge in [-0.25, -0.2) is 0 Å². The molecule has 17 heavy (non-hydrogen) atoms. The number of nitrogens with one attached hydrogen (secondary N) is 1. The first kappa shape index (κ1) is 14.5. The number of carbonyl (C=O) groups is 1. The van der Waals surface area contributed by atoms with Crippen LogP contribution in [0.25, 0.3) is 0 Å². The summed E-state index contributed by atoms with van der Waals surface area (Å²) in [5, 5.41) is 7.39. The molecule has 1 unspecified atom stereocenters. The Labute approximate surface area is 113 Å². The molecule has 1 aromatic rings. The molecule has 0 spiro atoms. The summed E-state index contributed by atoms with van der Waals surface area (Å²) in [7, 11) is 0. The van der Waals surface area contributed by atoms with Crippen molar-refractivity contribution in [3.8, 4) is 0 Å². The van der Waals surface area contributed by atoms with E-state index in [4.69, 9.17) is 0 Å². The van der Waals surface area contributed by atoms with Crippen molar-refractivity contribution in [2.45, 2.75) is 25.8 Å². The molecule has 2 rings (SSSR count). The van der Waals surface area contributed by atoms with Crippen LogP contribution in [0.4, 0.5) is 0 Å². The number of hydrogen-bond donors (Lipinski definition) is 1. The molecule has 2 atom stereocenters. The van der Waals surface area contributed by atoms with Crippen LogP contribution < -0.4 is 5.32 Å². The molecule has 1 fully saturated rings. The molecule has 1 aromatic heterocycles. The number of thiophene rings is 1. The van der Waals surface area contributed by atoms with Gasteiger partial charge < -0.3 is 10.2 Å². The number of carbonyl (C=O) groups excluding carboxylic acids is 1. The van der Waals surface area contributed by atoms with E-state index in [2.05, 4.69) is 17.6 Å². The third kappa shape index (κ3) is 3.21. The lowest BCUT2D eigenvalue weighted by atomic mass is 10.0. The van der Waals surface area contributed by atoms with Crippen LogP contribution in [-0.4, -0.2) is 36.5 Å². The van der Waals surface area contributed by atoms with Gasteiger partial charge in [0.05, 0.1) is 5.92 Å². The molecular weight excluding hydrogens is 256 g/mol. The third-order valence-corrected chi connectivity index (χ3v) is 3.90. The Morgan fingerprint density at radius 2 is 2.41 bits per heavy atom. The van der Waals surface area contributed by atoms with E-state index in [1.807, 2.05) is 23.3 Å². The molecule has 0 aromatic carbocycles. The summed E-state index contributed by atoms with van der Waals surface area (Å²) >= 11 is 1.65. The van der Waals surface area contributed by atoms with Crippen LogP contribution in [0.3, 0.4) is 0 Å². The number of rotatable bonds is 2. The standard InChI is InChI=1S/C12H18N2OS.ClH/c1-9-7-13-4-5-14(9)12(15)10(2)11-3-6-16-8-11;/h3,6,8-10,13H,4-5,7H2,1-2H3;1H/t9-,10?;/m1./s1. The van der Waals surface area contributed by atoms with Crippen molar-refractivity contribution < 1.29 is 4.79 Å². The van der Waals surface area contributed by atoms with Crippen LogP contribution in [0.2, 0.25) is 0 Å². The van der Waals surface area contributed by atoms with Crippen LogP contribution in [0, 0.1) is 0 Å². The van der Waals surface area contributed by atoms with Crippen LogP contribution in [0.5, 0.6) is 0 Å². The molecule has 1 N–H and O–H groups in total. The zero-order chi connectivity index (χ0) is 11.5. The van der Waals surface area contributed by atoms with Crippen molar-refractivity contribution in [2.75, 3.05) is 19.6 Å². The molecule has 0 bridgehead atoms. The Hall–Kier alpha value is -0.580. The predicted octanol–water partition coefficient (Wildman–Crippen LogP) is 2.09. The Balaban J connectivity index is 0.00000144. The van der Waals surface area contributed by atoms with Crippen LogP contribution in [-0.2, 0) is 4.79 Å². The van der Waals surface area contributed by atoms with Crippen molar-refractivity contribution in [1.29, 1.82) is 0 Å². The largest absolute Gasteiger partial charge is 0.337 e. The average Bonchev–Trinajstić information content (AvgIpc) is 2.81. The normalized spacial score (nSPS) is 21.8.